The van der Waals surface area contributed by atoms with Crippen molar-refractivity contribution in [2.75, 3.05) is 106 Å². The number of rotatable bonds is 17. The highest BCUT2D eigenvalue weighted by atomic mass is 16.5. The lowest BCUT2D eigenvalue weighted by Gasteiger charge is -2.36. The van der Waals surface area contributed by atoms with Crippen LogP contribution >= 0.6 is 0 Å². The van der Waals surface area contributed by atoms with Crippen molar-refractivity contribution in [2.24, 2.45) is 5.73 Å². The zero-order valence-electron chi connectivity index (χ0n) is 20.6. The third-order valence-electron chi connectivity index (χ3n) is 5.95. The molecule has 0 atom stereocenters. The Hall–Kier alpha value is -1.79. The van der Waals surface area contributed by atoms with Crippen molar-refractivity contribution in [1.29, 1.82) is 0 Å². The highest BCUT2D eigenvalue weighted by Crippen LogP contribution is 2.05. The van der Waals surface area contributed by atoms with Gasteiger partial charge in [0.05, 0.1) is 40.6 Å². The number of methoxy groups -OCH3 is 3. The lowest BCUT2D eigenvalue weighted by atomic mass is 10.2. The van der Waals surface area contributed by atoms with Crippen LogP contribution in [0, 0.1) is 0 Å². The minimum Gasteiger partial charge on any atom is -0.469 e. The Labute approximate surface area is 198 Å². The van der Waals surface area contributed by atoms with E-state index in [1.54, 1.807) is 0 Å². The molecular formula is C22H43N5O6. The van der Waals surface area contributed by atoms with Crippen molar-refractivity contribution in [3.63, 3.8) is 0 Å². The van der Waals surface area contributed by atoms with Gasteiger partial charge in [-0.1, -0.05) is 0 Å². The summed E-state index contributed by atoms with van der Waals surface area (Å²) in [6.07, 6.45) is 0.994. The first-order chi connectivity index (χ1) is 15.9. The molecule has 1 rings (SSSR count). The Morgan fingerprint density at radius 3 is 1.27 bits per heavy atom. The normalized spacial score (nSPS) is 15.1. The second-order valence-corrected chi connectivity index (χ2v) is 8.13. The van der Waals surface area contributed by atoms with Gasteiger partial charge in [0.1, 0.15) is 0 Å². The van der Waals surface area contributed by atoms with Crippen LogP contribution in [0.1, 0.15) is 19.3 Å². The van der Waals surface area contributed by atoms with Gasteiger partial charge in [-0.15, -0.1) is 0 Å². The third-order valence-corrected chi connectivity index (χ3v) is 5.95. The largest absolute Gasteiger partial charge is 0.469 e. The monoisotopic (exact) mass is 473 g/mol. The Balaban J connectivity index is 2.36. The van der Waals surface area contributed by atoms with Gasteiger partial charge < -0.3 is 29.7 Å². The van der Waals surface area contributed by atoms with Gasteiger partial charge >= 0.3 is 17.9 Å². The molecule has 192 valence electrons. The Kier molecular flexibility index (Phi) is 15.6. The molecule has 0 aromatic carbocycles. The number of piperazine rings is 1. The average Bonchev–Trinajstić information content (AvgIpc) is 2.84. The number of nitrogens with zero attached hydrogens (tertiary/aromatic N) is 4. The van der Waals surface area contributed by atoms with E-state index in [9.17, 15) is 14.4 Å². The summed E-state index contributed by atoms with van der Waals surface area (Å²) in [6, 6.07) is 0. The van der Waals surface area contributed by atoms with E-state index in [1.807, 2.05) is 0 Å². The van der Waals surface area contributed by atoms with Gasteiger partial charge in [0.15, 0.2) is 0 Å². The summed E-state index contributed by atoms with van der Waals surface area (Å²) in [5.74, 6) is -0.693. The van der Waals surface area contributed by atoms with E-state index in [0.29, 0.717) is 45.4 Å². The van der Waals surface area contributed by atoms with Gasteiger partial charge in [0, 0.05) is 85.1 Å². The lowest BCUT2D eigenvalue weighted by Crippen LogP contribution is -2.50. The van der Waals surface area contributed by atoms with Crippen LogP contribution in [0.5, 0.6) is 0 Å². The summed E-state index contributed by atoms with van der Waals surface area (Å²) in [6.45, 7) is 10.5. The molecule has 0 aromatic rings. The Bertz CT molecular complexity index is 551. The molecule has 1 aliphatic rings. The number of esters is 3. The molecule has 0 saturated carbocycles. The van der Waals surface area contributed by atoms with Gasteiger partial charge in [0.2, 0.25) is 0 Å². The maximum Gasteiger partial charge on any atom is 0.306 e. The van der Waals surface area contributed by atoms with Gasteiger partial charge in [-0.2, -0.15) is 0 Å². The molecule has 2 N–H and O–H groups in total. The smallest absolute Gasteiger partial charge is 0.306 e. The van der Waals surface area contributed by atoms with E-state index in [4.69, 9.17) is 19.9 Å². The standard InChI is InChI=1S/C22H43N5O6/c1-31-20(28)4-8-24(9-5-21(29)32-2)12-14-26-16-18-27(19-17-26)15-13-25(11-7-23)10-6-22(30)33-3/h4-19,23H2,1-3H3. The lowest BCUT2D eigenvalue weighted by molar-refractivity contribution is -0.142. The predicted octanol–water partition coefficient (Wildman–Crippen LogP) is -1.14. The fraction of sp³-hybridized carbons (Fsp3) is 0.864. The van der Waals surface area contributed by atoms with Crippen molar-refractivity contribution in [3.8, 4) is 0 Å². The fourth-order valence-corrected chi connectivity index (χ4v) is 3.71. The van der Waals surface area contributed by atoms with Crippen LogP contribution in [0.2, 0.25) is 0 Å². The maximum absolute atomic E-state index is 11.5. The second kappa shape index (κ2) is 17.7. The molecule has 1 heterocycles. The zero-order valence-corrected chi connectivity index (χ0v) is 20.6. The summed E-state index contributed by atoms with van der Waals surface area (Å²) in [5.41, 5.74) is 5.71. The summed E-state index contributed by atoms with van der Waals surface area (Å²) in [4.78, 5) is 43.6. The number of hydrogen-bond donors (Lipinski definition) is 1. The summed E-state index contributed by atoms with van der Waals surface area (Å²) in [5, 5.41) is 0. The molecule has 0 spiro atoms. The van der Waals surface area contributed by atoms with Crippen LogP contribution < -0.4 is 5.73 Å². The Morgan fingerprint density at radius 2 is 0.970 bits per heavy atom. The van der Waals surface area contributed by atoms with Crippen LogP contribution in [0.3, 0.4) is 0 Å². The molecule has 0 bridgehead atoms. The second-order valence-electron chi connectivity index (χ2n) is 8.13. The highest BCUT2D eigenvalue weighted by molar-refractivity contribution is 5.70. The summed E-state index contributed by atoms with van der Waals surface area (Å²) >= 11 is 0. The van der Waals surface area contributed by atoms with Crippen LogP contribution in [0.25, 0.3) is 0 Å². The average molecular weight is 474 g/mol. The molecule has 11 nitrogen and oxygen atoms in total. The van der Waals surface area contributed by atoms with Gasteiger partial charge in [-0.3, -0.25) is 24.2 Å². The molecule has 11 heteroatoms. The predicted molar refractivity (Wildman–Crippen MR) is 125 cm³/mol. The molecule has 0 unspecified atom stereocenters. The molecular weight excluding hydrogens is 430 g/mol. The molecule has 0 aliphatic carbocycles. The van der Waals surface area contributed by atoms with E-state index in [0.717, 1.165) is 58.9 Å². The number of hydrogen-bond acceptors (Lipinski definition) is 11. The van der Waals surface area contributed by atoms with E-state index in [-0.39, 0.29) is 17.9 Å². The molecule has 0 aromatic heterocycles. The molecule has 33 heavy (non-hydrogen) atoms. The summed E-state index contributed by atoms with van der Waals surface area (Å²) in [7, 11) is 4.18. The van der Waals surface area contributed by atoms with Gasteiger partial charge in [0.25, 0.3) is 0 Å². The quantitative estimate of drug-likeness (QED) is 0.204. The van der Waals surface area contributed by atoms with Gasteiger partial charge in [-0.05, 0) is 0 Å². The third kappa shape index (κ3) is 13.5. The Morgan fingerprint density at radius 1 is 0.636 bits per heavy atom. The van der Waals surface area contributed by atoms with Crippen molar-refractivity contribution in [2.45, 2.75) is 19.3 Å². The fourth-order valence-electron chi connectivity index (χ4n) is 3.71. The molecule has 0 radical (unpaired) electrons. The van der Waals surface area contributed by atoms with Crippen molar-refractivity contribution < 1.29 is 28.6 Å². The maximum atomic E-state index is 11.5. The minimum absolute atomic E-state index is 0.196. The molecule has 0 amide bonds. The first kappa shape index (κ1) is 29.2. The van der Waals surface area contributed by atoms with Crippen LogP contribution in [-0.4, -0.2) is 144 Å². The number of nitrogens with two attached hydrogens (primary N) is 1. The van der Waals surface area contributed by atoms with Crippen LogP contribution in [0.4, 0.5) is 0 Å². The number of carbonyl (C=O) groups is 3. The van der Waals surface area contributed by atoms with Gasteiger partial charge in [-0.25, -0.2) is 0 Å². The molecule has 1 fully saturated rings. The minimum atomic E-state index is -0.248. The highest BCUT2D eigenvalue weighted by Gasteiger charge is 2.19. The molecule has 1 aliphatic heterocycles. The van der Waals surface area contributed by atoms with E-state index in [1.165, 1.54) is 21.3 Å². The summed E-state index contributed by atoms with van der Waals surface area (Å²) < 4.78 is 14.2. The molecule has 1 saturated heterocycles. The van der Waals surface area contributed by atoms with E-state index in [2.05, 4.69) is 19.6 Å². The van der Waals surface area contributed by atoms with Crippen LogP contribution in [-0.2, 0) is 28.6 Å². The van der Waals surface area contributed by atoms with Crippen molar-refractivity contribution >= 4 is 17.9 Å². The zero-order chi connectivity index (χ0) is 24.5. The van der Waals surface area contributed by atoms with E-state index >= 15 is 0 Å². The van der Waals surface area contributed by atoms with E-state index < -0.39 is 0 Å². The number of ether oxygens (including phenoxy) is 3. The van der Waals surface area contributed by atoms with Crippen LogP contribution in [0.15, 0.2) is 0 Å². The van der Waals surface area contributed by atoms with Crippen molar-refractivity contribution in [1.82, 2.24) is 19.6 Å². The van der Waals surface area contributed by atoms with Crippen molar-refractivity contribution in [3.05, 3.63) is 0 Å². The topological polar surface area (TPSA) is 118 Å². The first-order valence-electron chi connectivity index (χ1n) is 11.7. The number of carbonyl (C=O) groups excluding carboxylic acids is 3. The SMILES string of the molecule is COC(=O)CCN(CCN)CCN1CCN(CCN(CCC(=O)OC)CCC(=O)OC)CC1. The first-order valence-corrected chi connectivity index (χ1v) is 11.7.